The van der Waals surface area contributed by atoms with Crippen molar-refractivity contribution in [1.29, 1.82) is 0 Å². The van der Waals surface area contributed by atoms with Gasteiger partial charge in [0.2, 0.25) is 5.91 Å². The number of amides is 2. The second kappa shape index (κ2) is 8.91. The third kappa shape index (κ3) is 4.74. The van der Waals surface area contributed by atoms with Crippen molar-refractivity contribution < 1.29 is 32.3 Å². The Morgan fingerprint density at radius 3 is 2.67 bits per heavy atom. The first-order valence-electron chi connectivity index (χ1n) is 8.51. The number of carbonyl (C=O) groups is 3. The molecule has 0 spiro atoms. The van der Waals surface area contributed by atoms with Gasteiger partial charge in [0.1, 0.15) is 0 Å². The van der Waals surface area contributed by atoms with Crippen LogP contribution in [0.4, 0.5) is 18.9 Å². The van der Waals surface area contributed by atoms with E-state index < -0.39 is 53.6 Å². The van der Waals surface area contributed by atoms with Crippen LogP contribution in [0.5, 0.6) is 0 Å². The molecule has 0 saturated heterocycles. The summed E-state index contributed by atoms with van der Waals surface area (Å²) >= 11 is 1.35. The fraction of sp³-hybridized carbons (Fsp3) is 0.158. The van der Waals surface area contributed by atoms with Gasteiger partial charge in [-0.1, -0.05) is 0 Å². The van der Waals surface area contributed by atoms with Crippen LogP contribution in [0.25, 0.3) is 10.2 Å². The summed E-state index contributed by atoms with van der Waals surface area (Å²) in [5, 5.41) is 4.21. The summed E-state index contributed by atoms with van der Waals surface area (Å²) in [6, 6.07) is 6.24. The molecule has 0 aliphatic carbocycles. The number of benzene rings is 2. The van der Waals surface area contributed by atoms with E-state index in [0.717, 1.165) is 16.3 Å². The smallest absolute Gasteiger partial charge is 0.338 e. The van der Waals surface area contributed by atoms with E-state index in [0.29, 0.717) is 6.07 Å². The number of esters is 1. The molecule has 0 unspecified atom stereocenters. The first kappa shape index (κ1) is 21.2. The van der Waals surface area contributed by atoms with Crippen LogP contribution in [0.3, 0.4) is 0 Å². The molecule has 7 nitrogen and oxygen atoms in total. The second-order valence-corrected chi connectivity index (χ2v) is 6.96. The highest BCUT2D eigenvalue weighted by molar-refractivity contribution is 7.16. The highest BCUT2D eigenvalue weighted by Crippen LogP contribution is 2.20. The molecule has 3 aromatic rings. The molecule has 0 aliphatic heterocycles. The lowest BCUT2D eigenvalue weighted by Gasteiger charge is -2.14. The summed E-state index contributed by atoms with van der Waals surface area (Å²) < 4.78 is 45.5. The third-order valence-corrected chi connectivity index (χ3v) is 4.74. The number of rotatable bonds is 6. The predicted molar refractivity (Wildman–Crippen MR) is 102 cm³/mol. The van der Waals surface area contributed by atoms with Gasteiger partial charge >= 0.3 is 5.97 Å². The first-order chi connectivity index (χ1) is 14.3. The molecule has 2 N–H and O–H groups in total. The largest absolute Gasteiger partial charge is 0.449 e. The zero-order valence-corrected chi connectivity index (χ0v) is 16.2. The molecular formula is C19H14F3N3O4S. The molecular weight excluding hydrogens is 423 g/mol. The molecule has 0 bridgehead atoms. The quantitative estimate of drug-likeness (QED) is 0.457. The van der Waals surface area contributed by atoms with Gasteiger partial charge in [0.15, 0.2) is 23.6 Å². The van der Waals surface area contributed by atoms with E-state index in [4.69, 9.17) is 4.74 Å². The van der Waals surface area contributed by atoms with Crippen LogP contribution >= 0.6 is 11.3 Å². The van der Waals surface area contributed by atoms with Gasteiger partial charge in [-0.2, -0.15) is 0 Å². The molecule has 1 heterocycles. The van der Waals surface area contributed by atoms with E-state index in [1.165, 1.54) is 24.3 Å². The third-order valence-electron chi connectivity index (χ3n) is 3.95. The Morgan fingerprint density at radius 1 is 1.13 bits per heavy atom. The van der Waals surface area contributed by atoms with Crippen molar-refractivity contribution in [3.8, 4) is 0 Å². The summed E-state index contributed by atoms with van der Waals surface area (Å²) in [4.78, 5) is 40.1. The number of aromatic nitrogens is 1. The van der Waals surface area contributed by atoms with E-state index in [2.05, 4.69) is 10.3 Å². The molecule has 2 aromatic carbocycles. The highest BCUT2D eigenvalue weighted by Gasteiger charge is 2.21. The van der Waals surface area contributed by atoms with Gasteiger partial charge in [-0.25, -0.2) is 22.9 Å². The van der Waals surface area contributed by atoms with Crippen molar-refractivity contribution in [3.63, 3.8) is 0 Å². The summed E-state index contributed by atoms with van der Waals surface area (Å²) in [5.74, 6) is -7.08. The number of carbonyl (C=O) groups excluding carboxylic acids is 3. The highest BCUT2D eigenvalue weighted by atomic mass is 32.1. The summed E-state index contributed by atoms with van der Waals surface area (Å²) in [7, 11) is 0. The molecule has 0 saturated carbocycles. The van der Waals surface area contributed by atoms with Gasteiger partial charge in [-0.3, -0.25) is 9.59 Å². The van der Waals surface area contributed by atoms with Crippen LogP contribution in [0.1, 0.15) is 17.3 Å². The molecule has 1 atom stereocenters. The maximum Gasteiger partial charge on any atom is 0.338 e. The SMILES string of the molecule is C[C@@H](OC(=O)c1ccc2ncsc2c1)C(=O)NCC(=O)Nc1ccc(F)c(F)c1F. The average molecular weight is 437 g/mol. The Morgan fingerprint density at radius 2 is 1.90 bits per heavy atom. The molecule has 30 heavy (non-hydrogen) atoms. The number of fused-ring (bicyclic) bond motifs is 1. The van der Waals surface area contributed by atoms with Crippen molar-refractivity contribution in [2.75, 3.05) is 11.9 Å². The normalized spacial score (nSPS) is 11.7. The molecule has 0 fully saturated rings. The second-order valence-electron chi connectivity index (χ2n) is 6.07. The van der Waals surface area contributed by atoms with Crippen LogP contribution in [-0.2, 0) is 14.3 Å². The Hall–Kier alpha value is -3.47. The first-order valence-corrected chi connectivity index (χ1v) is 9.39. The van der Waals surface area contributed by atoms with Crippen LogP contribution in [0.2, 0.25) is 0 Å². The van der Waals surface area contributed by atoms with Crippen LogP contribution in [0, 0.1) is 17.5 Å². The van der Waals surface area contributed by atoms with Crippen molar-refractivity contribution >= 4 is 45.0 Å². The van der Waals surface area contributed by atoms with Crippen LogP contribution in [0.15, 0.2) is 35.8 Å². The van der Waals surface area contributed by atoms with Crippen molar-refractivity contribution in [1.82, 2.24) is 10.3 Å². The Bertz CT molecular complexity index is 1140. The minimum atomic E-state index is -1.73. The Kier molecular flexibility index (Phi) is 6.31. The molecule has 11 heteroatoms. The lowest BCUT2D eigenvalue weighted by molar-refractivity contribution is -0.130. The van der Waals surface area contributed by atoms with Crippen LogP contribution < -0.4 is 10.6 Å². The maximum atomic E-state index is 13.6. The lowest BCUT2D eigenvalue weighted by Crippen LogP contribution is -2.40. The Balaban J connectivity index is 1.52. The standard InChI is InChI=1S/C19H14F3N3O4S/c1-9(29-19(28)10-2-4-12-14(6-10)30-8-24-12)18(27)23-7-15(26)25-13-5-3-11(20)16(21)17(13)22/h2-6,8-9H,7H2,1H3,(H,23,27)(H,25,26)/t9-/m1/s1. The number of nitrogens with one attached hydrogen (secondary N) is 2. The number of nitrogens with zero attached hydrogens (tertiary/aromatic N) is 1. The molecule has 3 rings (SSSR count). The van der Waals surface area contributed by atoms with Crippen molar-refractivity contribution in [3.05, 3.63) is 58.9 Å². The summed E-state index contributed by atoms with van der Waals surface area (Å²) in [5.41, 5.74) is 2.02. The average Bonchev–Trinajstić information content (AvgIpc) is 3.20. The fourth-order valence-electron chi connectivity index (χ4n) is 2.39. The van der Waals surface area contributed by atoms with Gasteiger partial charge in [0.05, 0.1) is 33.5 Å². The predicted octanol–water partition coefficient (Wildman–Crippen LogP) is 3.01. The van der Waals surface area contributed by atoms with Gasteiger partial charge in [0, 0.05) is 0 Å². The zero-order valence-electron chi connectivity index (χ0n) is 15.4. The Labute approximate surface area is 171 Å². The molecule has 0 radical (unpaired) electrons. The number of halogens is 3. The minimum absolute atomic E-state index is 0.234. The number of ether oxygens (including phenoxy) is 1. The lowest BCUT2D eigenvalue weighted by atomic mass is 10.2. The van der Waals surface area contributed by atoms with E-state index in [9.17, 15) is 27.6 Å². The van der Waals surface area contributed by atoms with Gasteiger partial charge < -0.3 is 15.4 Å². The summed E-state index contributed by atoms with van der Waals surface area (Å²) in [6.45, 7) is 0.706. The van der Waals surface area contributed by atoms with E-state index >= 15 is 0 Å². The zero-order chi connectivity index (χ0) is 21.8. The van der Waals surface area contributed by atoms with Gasteiger partial charge in [0.25, 0.3) is 5.91 Å². The van der Waals surface area contributed by atoms with E-state index in [-0.39, 0.29) is 5.56 Å². The molecule has 156 valence electrons. The summed E-state index contributed by atoms with van der Waals surface area (Å²) in [6.07, 6.45) is -1.22. The molecule has 1 aromatic heterocycles. The number of anilines is 1. The number of hydrogen-bond donors (Lipinski definition) is 2. The fourth-order valence-corrected chi connectivity index (χ4v) is 3.11. The number of hydrogen-bond acceptors (Lipinski definition) is 6. The molecule has 2 amide bonds. The minimum Gasteiger partial charge on any atom is -0.449 e. The van der Waals surface area contributed by atoms with Crippen molar-refractivity contribution in [2.24, 2.45) is 0 Å². The van der Waals surface area contributed by atoms with Gasteiger partial charge in [-0.15, -0.1) is 11.3 Å². The van der Waals surface area contributed by atoms with E-state index in [1.54, 1.807) is 17.6 Å². The van der Waals surface area contributed by atoms with Gasteiger partial charge in [-0.05, 0) is 37.3 Å². The molecule has 0 aliphatic rings. The maximum absolute atomic E-state index is 13.6. The topological polar surface area (TPSA) is 97.4 Å². The van der Waals surface area contributed by atoms with Crippen molar-refractivity contribution in [2.45, 2.75) is 13.0 Å². The van der Waals surface area contributed by atoms with Crippen LogP contribution in [-0.4, -0.2) is 35.4 Å². The monoisotopic (exact) mass is 437 g/mol. The van der Waals surface area contributed by atoms with E-state index in [1.807, 2.05) is 5.32 Å². The number of thiazole rings is 1.